The van der Waals surface area contributed by atoms with Gasteiger partial charge in [0.15, 0.2) is 11.6 Å². The number of rotatable bonds is 2. The molecule has 0 saturated carbocycles. The van der Waals surface area contributed by atoms with E-state index in [0.717, 1.165) is 61.9 Å². The standard InChI is InChI=1S/C18H22N6O/c25-18-19-11-13-12-23(9-10-24(13)18)17-16(22-7-3-4-8-22)20-14-5-1-2-6-15(14)21-17/h1-2,5-6,13H,3-4,7-12H2,(H,19,25)/t13-/m0/s1. The molecule has 0 radical (unpaired) electrons. The maximum absolute atomic E-state index is 11.9. The normalized spacial score (nSPS) is 23.3. The summed E-state index contributed by atoms with van der Waals surface area (Å²) in [5.41, 5.74) is 1.88. The minimum atomic E-state index is 0.0639. The Hall–Kier alpha value is -2.57. The molecule has 7 nitrogen and oxygen atoms in total. The summed E-state index contributed by atoms with van der Waals surface area (Å²) in [7, 11) is 0. The number of carbonyl (C=O) groups excluding carboxylic acids is 1. The largest absolute Gasteiger partial charge is 0.354 e. The fraction of sp³-hybridized carbons (Fsp3) is 0.500. The van der Waals surface area contributed by atoms with Crippen molar-refractivity contribution in [2.24, 2.45) is 0 Å². The Morgan fingerprint density at radius 1 is 0.920 bits per heavy atom. The van der Waals surface area contributed by atoms with Crippen molar-refractivity contribution in [3.8, 4) is 0 Å². The van der Waals surface area contributed by atoms with Crippen LogP contribution in [0.3, 0.4) is 0 Å². The van der Waals surface area contributed by atoms with Gasteiger partial charge in [-0.15, -0.1) is 0 Å². The zero-order valence-corrected chi connectivity index (χ0v) is 14.2. The number of urea groups is 1. The Kier molecular flexibility index (Phi) is 3.39. The smallest absolute Gasteiger partial charge is 0.317 e. The van der Waals surface area contributed by atoms with Gasteiger partial charge in [-0.1, -0.05) is 12.1 Å². The number of anilines is 2. The van der Waals surface area contributed by atoms with Crippen LogP contribution in [-0.4, -0.2) is 66.2 Å². The minimum absolute atomic E-state index is 0.0639. The minimum Gasteiger partial charge on any atom is -0.354 e. The summed E-state index contributed by atoms with van der Waals surface area (Å²) in [4.78, 5) is 28.4. The molecule has 0 bridgehead atoms. The summed E-state index contributed by atoms with van der Waals surface area (Å²) in [6, 6.07) is 8.36. The number of hydrogen-bond acceptors (Lipinski definition) is 5. The fourth-order valence-corrected chi connectivity index (χ4v) is 4.13. The van der Waals surface area contributed by atoms with Crippen LogP contribution in [0.15, 0.2) is 24.3 Å². The molecule has 1 aromatic carbocycles. The van der Waals surface area contributed by atoms with Gasteiger partial charge < -0.3 is 20.0 Å². The predicted molar refractivity (Wildman–Crippen MR) is 97.1 cm³/mol. The molecule has 1 N–H and O–H groups in total. The van der Waals surface area contributed by atoms with E-state index in [1.165, 1.54) is 12.8 Å². The van der Waals surface area contributed by atoms with Gasteiger partial charge in [0, 0.05) is 39.3 Å². The van der Waals surface area contributed by atoms with Crippen LogP contribution in [0.1, 0.15) is 12.8 Å². The first-order valence-corrected chi connectivity index (χ1v) is 9.11. The Labute approximate surface area is 146 Å². The Bertz CT molecular complexity index is 818. The summed E-state index contributed by atoms with van der Waals surface area (Å²) in [5, 5.41) is 2.95. The lowest BCUT2D eigenvalue weighted by atomic mass is 10.2. The summed E-state index contributed by atoms with van der Waals surface area (Å²) in [6.07, 6.45) is 2.42. The first-order chi connectivity index (χ1) is 12.3. The zero-order chi connectivity index (χ0) is 16.8. The third-order valence-electron chi connectivity index (χ3n) is 5.47. The molecule has 0 aliphatic carbocycles. The lowest BCUT2D eigenvalue weighted by molar-refractivity contribution is 0.197. The topological polar surface area (TPSA) is 64.6 Å². The molecule has 0 spiro atoms. The molecule has 4 heterocycles. The first-order valence-electron chi connectivity index (χ1n) is 9.11. The lowest BCUT2D eigenvalue weighted by Crippen LogP contribution is -2.52. The van der Waals surface area contributed by atoms with Gasteiger partial charge in [0.25, 0.3) is 0 Å². The number of amides is 2. The highest BCUT2D eigenvalue weighted by Crippen LogP contribution is 2.32. The van der Waals surface area contributed by atoms with Crippen molar-refractivity contribution in [2.45, 2.75) is 18.9 Å². The van der Waals surface area contributed by atoms with Gasteiger partial charge in [0.1, 0.15) is 0 Å². The van der Waals surface area contributed by atoms with Gasteiger partial charge in [-0.05, 0) is 25.0 Å². The van der Waals surface area contributed by atoms with Crippen LogP contribution in [-0.2, 0) is 0 Å². The molecule has 7 heteroatoms. The van der Waals surface area contributed by atoms with E-state index in [0.29, 0.717) is 0 Å². The molecule has 25 heavy (non-hydrogen) atoms. The van der Waals surface area contributed by atoms with E-state index in [4.69, 9.17) is 9.97 Å². The zero-order valence-electron chi connectivity index (χ0n) is 14.2. The van der Waals surface area contributed by atoms with Crippen LogP contribution >= 0.6 is 0 Å². The molecule has 5 rings (SSSR count). The van der Waals surface area contributed by atoms with Crippen molar-refractivity contribution in [3.63, 3.8) is 0 Å². The average molecular weight is 338 g/mol. The molecule has 2 aromatic rings. The number of benzene rings is 1. The monoisotopic (exact) mass is 338 g/mol. The summed E-state index contributed by atoms with van der Waals surface area (Å²) in [5.74, 6) is 1.97. The van der Waals surface area contributed by atoms with E-state index in [1.807, 2.05) is 29.2 Å². The van der Waals surface area contributed by atoms with Crippen LogP contribution in [0.25, 0.3) is 11.0 Å². The van der Waals surface area contributed by atoms with Crippen molar-refractivity contribution in [1.82, 2.24) is 20.2 Å². The third kappa shape index (κ3) is 2.45. The molecule has 0 unspecified atom stereocenters. The predicted octanol–water partition coefficient (Wildman–Crippen LogP) is 1.44. The molecule has 1 aromatic heterocycles. The molecule has 3 fully saturated rings. The number of fused-ring (bicyclic) bond motifs is 2. The molecular formula is C18H22N6O. The summed E-state index contributed by atoms with van der Waals surface area (Å²) >= 11 is 0. The van der Waals surface area contributed by atoms with Crippen LogP contribution in [0, 0.1) is 0 Å². The van der Waals surface area contributed by atoms with E-state index < -0.39 is 0 Å². The van der Waals surface area contributed by atoms with E-state index in [-0.39, 0.29) is 12.1 Å². The number of piperazine rings is 1. The SMILES string of the molecule is O=C1NC[C@H]2CN(c3nc4ccccc4nc3N3CCCC3)CCN12. The van der Waals surface area contributed by atoms with E-state index in [2.05, 4.69) is 15.1 Å². The first kappa shape index (κ1) is 14.7. The summed E-state index contributed by atoms with van der Waals surface area (Å²) in [6.45, 7) is 5.16. The highest BCUT2D eigenvalue weighted by molar-refractivity contribution is 5.82. The second kappa shape index (κ2) is 5.75. The van der Waals surface area contributed by atoms with Gasteiger partial charge in [-0.3, -0.25) is 0 Å². The van der Waals surface area contributed by atoms with Gasteiger partial charge in [0.2, 0.25) is 0 Å². The van der Waals surface area contributed by atoms with Crippen molar-refractivity contribution in [2.75, 3.05) is 49.1 Å². The highest BCUT2D eigenvalue weighted by Gasteiger charge is 2.37. The number of aromatic nitrogens is 2. The second-order valence-electron chi connectivity index (χ2n) is 7.03. The quantitative estimate of drug-likeness (QED) is 0.898. The van der Waals surface area contributed by atoms with Crippen molar-refractivity contribution < 1.29 is 4.79 Å². The average Bonchev–Trinajstić information content (AvgIpc) is 3.31. The summed E-state index contributed by atoms with van der Waals surface area (Å²) < 4.78 is 0. The van der Waals surface area contributed by atoms with Gasteiger partial charge >= 0.3 is 6.03 Å². The second-order valence-corrected chi connectivity index (χ2v) is 7.03. The number of hydrogen-bond donors (Lipinski definition) is 1. The Morgan fingerprint density at radius 3 is 2.32 bits per heavy atom. The Balaban J connectivity index is 1.54. The number of nitrogens with one attached hydrogen (secondary N) is 1. The van der Waals surface area contributed by atoms with Crippen LogP contribution in [0.4, 0.5) is 16.4 Å². The van der Waals surface area contributed by atoms with Crippen LogP contribution in [0.2, 0.25) is 0 Å². The highest BCUT2D eigenvalue weighted by atomic mass is 16.2. The molecule has 130 valence electrons. The van der Waals surface area contributed by atoms with E-state index >= 15 is 0 Å². The van der Waals surface area contributed by atoms with E-state index in [1.54, 1.807) is 0 Å². The Morgan fingerprint density at radius 2 is 1.60 bits per heavy atom. The lowest BCUT2D eigenvalue weighted by Gasteiger charge is -2.38. The van der Waals surface area contributed by atoms with Crippen LogP contribution in [0.5, 0.6) is 0 Å². The maximum Gasteiger partial charge on any atom is 0.317 e. The maximum atomic E-state index is 11.9. The van der Waals surface area contributed by atoms with Crippen molar-refractivity contribution in [1.29, 1.82) is 0 Å². The van der Waals surface area contributed by atoms with Gasteiger partial charge in [0.05, 0.1) is 17.1 Å². The van der Waals surface area contributed by atoms with Gasteiger partial charge in [-0.25, -0.2) is 14.8 Å². The molecule has 3 aliphatic heterocycles. The molecule has 1 atom stereocenters. The molecular weight excluding hydrogens is 316 g/mol. The fourth-order valence-electron chi connectivity index (χ4n) is 4.13. The van der Waals surface area contributed by atoms with Crippen molar-refractivity contribution >= 4 is 28.7 Å². The van der Waals surface area contributed by atoms with Crippen molar-refractivity contribution in [3.05, 3.63) is 24.3 Å². The number of para-hydroxylation sites is 2. The van der Waals surface area contributed by atoms with Crippen LogP contribution < -0.4 is 15.1 Å². The third-order valence-corrected chi connectivity index (χ3v) is 5.47. The molecule has 2 amide bonds. The molecule has 3 aliphatic rings. The number of carbonyl (C=O) groups is 1. The van der Waals surface area contributed by atoms with Gasteiger partial charge in [-0.2, -0.15) is 0 Å². The molecule has 3 saturated heterocycles. The number of nitrogens with zero attached hydrogens (tertiary/aromatic N) is 5. The van der Waals surface area contributed by atoms with E-state index in [9.17, 15) is 4.79 Å².